The summed E-state index contributed by atoms with van der Waals surface area (Å²) >= 11 is 1.71. The summed E-state index contributed by atoms with van der Waals surface area (Å²) in [6.07, 6.45) is 3.92. The van der Waals surface area contributed by atoms with E-state index in [-0.39, 0.29) is 17.6 Å². The number of nitrogens with one attached hydrogen (secondary N) is 1. The maximum atomic E-state index is 11.6. The van der Waals surface area contributed by atoms with Crippen LogP contribution in [0.1, 0.15) is 32.1 Å². The molecule has 0 aromatic carbocycles. The van der Waals surface area contributed by atoms with E-state index in [1.807, 2.05) is 0 Å². The predicted molar refractivity (Wildman–Crippen MR) is 60.0 cm³/mol. The summed E-state index contributed by atoms with van der Waals surface area (Å²) < 4.78 is 0. The Kier molecular flexibility index (Phi) is 5.53. The standard InChI is InChI=1S/C10H17NO3S/c12-9(13)5-3-6-11-10(14)8-4-1-2-7-15-8/h8H,1-7H2,(H,11,14)(H,12,13). The lowest BCUT2D eigenvalue weighted by atomic mass is 10.2. The summed E-state index contributed by atoms with van der Waals surface area (Å²) in [7, 11) is 0. The van der Waals surface area contributed by atoms with E-state index in [9.17, 15) is 9.59 Å². The summed E-state index contributed by atoms with van der Waals surface area (Å²) in [5.74, 6) is 0.328. The lowest BCUT2D eigenvalue weighted by Crippen LogP contribution is -2.34. The predicted octanol–water partition coefficient (Wildman–Crippen LogP) is 1.25. The Hall–Kier alpha value is -0.710. The maximum absolute atomic E-state index is 11.6. The lowest BCUT2D eigenvalue weighted by molar-refractivity contribution is -0.137. The van der Waals surface area contributed by atoms with Gasteiger partial charge in [0.05, 0.1) is 5.25 Å². The Morgan fingerprint density at radius 1 is 1.40 bits per heavy atom. The van der Waals surface area contributed by atoms with E-state index in [4.69, 9.17) is 5.11 Å². The van der Waals surface area contributed by atoms with Gasteiger partial charge in [-0.3, -0.25) is 9.59 Å². The Balaban J connectivity index is 2.09. The number of carbonyl (C=O) groups is 2. The summed E-state index contributed by atoms with van der Waals surface area (Å²) in [6, 6.07) is 0. The van der Waals surface area contributed by atoms with E-state index < -0.39 is 5.97 Å². The van der Waals surface area contributed by atoms with Crippen molar-refractivity contribution >= 4 is 23.6 Å². The summed E-state index contributed by atoms with van der Waals surface area (Å²) in [4.78, 5) is 21.8. The fraction of sp³-hybridized carbons (Fsp3) is 0.800. The molecule has 1 amide bonds. The molecule has 1 aliphatic heterocycles. The molecule has 4 nitrogen and oxygen atoms in total. The minimum atomic E-state index is -0.809. The minimum Gasteiger partial charge on any atom is -0.481 e. The summed E-state index contributed by atoms with van der Waals surface area (Å²) in [6.45, 7) is 0.474. The van der Waals surface area contributed by atoms with Crippen LogP contribution in [0.4, 0.5) is 0 Å². The normalized spacial score (nSPS) is 20.9. The molecule has 1 rings (SSSR count). The molecule has 86 valence electrons. The van der Waals surface area contributed by atoms with Crippen LogP contribution in [0.5, 0.6) is 0 Å². The Morgan fingerprint density at radius 3 is 2.80 bits per heavy atom. The van der Waals surface area contributed by atoms with Crippen LogP contribution in [-0.4, -0.2) is 34.5 Å². The first kappa shape index (κ1) is 12.4. The van der Waals surface area contributed by atoms with Gasteiger partial charge < -0.3 is 10.4 Å². The van der Waals surface area contributed by atoms with Crippen molar-refractivity contribution in [1.82, 2.24) is 5.32 Å². The van der Waals surface area contributed by atoms with Gasteiger partial charge in [-0.05, 0) is 25.0 Å². The van der Waals surface area contributed by atoms with Crippen LogP contribution in [0.2, 0.25) is 0 Å². The molecule has 1 saturated heterocycles. The minimum absolute atomic E-state index is 0.0742. The number of amides is 1. The molecular formula is C10H17NO3S. The van der Waals surface area contributed by atoms with Crippen LogP contribution in [0.15, 0.2) is 0 Å². The number of hydrogen-bond donors (Lipinski definition) is 2. The molecule has 0 spiro atoms. The average Bonchev–Trinajstić information content (AvgIpc) is 2.25. The molecule has 0 bridgehead atoms. The van der Waals surface area contributed by atoms with Crippen molar-refractivity contribution in [2.24, 2.45) is 0 Å². The second-order valence-corrected chi connectivity index (χ2v) is 4.95. The van der Waals surface area contributed by atoms with Gasteiger partial charge in [0, 0.05) is 13.0 Å². The zero-order chi connectivity index (χ0) is 11.1. The molecule has 1 aliphatic rings. The molecule has 0 aromatic rings. The van der Waals surface area contributed by atoms with Crippen LogP contribution >= 0.6 is 11.8 Å². The van der Waals surface area contributed by atoms with Crippen LogP contribution in [0, 0.1) is 0 Å². The molecule has 0 aromatic heterocycles. The molecule has 1 heterocycles. The zero-order valence-corrected chi connectivity index (χ0v) is 9.52. The van der Waals surface area contributed by atoms with Gasteiger partial charge in [0.1, 0.15) is 0 Å². The highest BCUT2D eigenvalue weighted by Crippen LogP contribution is 2.24. The summed E-state index contributed by atoms with van der Waals surface area (Å²) in [5, 5.41) is 11.3. The highest BCUT2D eigenvalue weighted by Gasteiger charge is 2.20. The third kappa shape index (κ3) is 5.06. The summed E-state index contributed by atoms with van der Waals surface area (Å²) in [5.41, 5.74) is 0. The lowest BCUT2D eigenvalue weighted by Gasteiger charge is -2.20. The first-order valence-corrected chi connectivity index (χ1v) is 6.36. The van der Waals surface area contributed by atoms with Crippen molar-refractivity contribution in [3.05, 3.63) is 0 Å². The van der Waals surface area contributed by atoms with Crippen LogP contribution in [0.3, 0.4) is 0 Å². The number of aliphatic carboxylic acids is 1. The van der Waals surface area contributed by atoms with E-state index in [1.54, 1.807) is 11.8 Å². The number of carbonyl (C=O) groups excluding carboxylic acids is 1. The van der Waals surface area contributed by atoms with Crippen molar-refractivity contribution in [3.8, 4) is 0 Å². The van der Waals surface area contributed by atoms with Gasteiger partial charge in [-0.2, -0.15) is 0 Å². The fourth-order valence-electron chi connectivity index (χ4n) is 1.51. The number of rotatable bonds is 5. The van der Waals surface area contributed by atoms with E-state index in [2.05, 4.69) is 5.32 Å². The fourth-order valence-corrected chi connectivity index (χ4v) is 2.74. The number of thioether (sulfide) groups is 1. The first-order valence-electron chi connectivity index (χ1n) is 5.31. The maximum Gasteiger partial charge on any atom is 0.303 e. The molecule has 15 heavy (non-hydrogen) atoms. The van der Waals surface area contributed by atoms with Gasteiger partial charge in [-0.15, -0.1) is 11.8 Å². The third-order valence-corrected chi connectivity index (χ3v) is 3.72. The topological polar surface area (TPSA) is 66.4 Å². The highest BCUT2D eigenvalue weighted by molar-refractivity contribution is 8.00. The highest BCUT2D eigenvalue weighted by atomic mass is 32.2. The number of carboxylic acids is 1. The van der Waals surface area contributed by atoms with Crippen LogP contribution in [-0.2, 0) is 9.59 Å². The molecular weight excluding hydrogens is 214 g/mol. The van der Waals surface area contributed by atoms with Gasteiger partial charge in [-0.25, -0.2) is 0 Å². The largest absolute Gasteiger partial charge is 0.481 e. The van der Waals surface area contributed by atoms with E-state index >= 15 is 0 Å². The Labute approximate surface area is 93.8 Å². The smallest absolute Gasteiger partial charge is 0.303 e. The SMILES string of the molecule is O=C(O)CCCNC(=O)C1CCCCS1. The Morgan fingerprint density at radius 2 is 2.20 bits per heavy atom. The van der Waals surface area contributed by atoms with Gasteiger partial charge in [0.2, 0.25) is 5.91 Å². The van der Waals surface area contributed by atoms with Gasteiger partial charge in [0.15, 0.2) is 0 Å². The van der Waals surface area contributed by atoms with Crippen molar-refractivity contribution in [2.75, 3.05) is 12.3 Å². The molecule has 0 saturated carbocycles. The molecule has 0 aliphatic carbocycles. The average molecular weight is 231 g/mol. The third-order valence-electron chi connectivity index (χ3n) is 2.34. The molecule has 0 radical (unpaired) electrons. The van der Waals surface area contributed by atoms with Gasteiger partial charge in [-0.1, -0.05) is 6.42 Å². The number of carboxylic acid groups (broad SMARTS) is 1. The molecule has 1 atom stereocenters. The van der Waals surface area contributed by atoms with E-state index in [1.165, 1.54) is 6.42 Å². The van der Waals surface area contributed by atoms with E-state index in [0.29, 0.717) is 13.0 Å². The monoisotopic (exact) mass is 231 g/mol. The zero-order valence-electron chi connectivity index (χ0n) is 8.70. The van der Waals surface area contributed by atoms with E-state index in [0.717, 1.165) is 18.6 Å². The molecule has 2 N–H and O–H groups in total. The molecule has 1 unspecified atom stereocenters. The molecule has 1 fully saturated rings. The van der Waals surface area contributed by atoms with Gasteiger partial charge in [0.25, 0.3) is 0 Å². The van der Waals surface area contributed by atoms with Crippen molar-refractivity contribution < 1.29 is 14.7 Å². The molecule has 5 heteroatoms. The van der Waals surface area contributed by atoms with Crippen LogP contribution in [0.25, 0.3) is 0 Å². The van der Waals surface area contributed by atoms with Gasteiger partial charge >= 0.3 is 5.97 Å². The van der Waals surface area contributed by atoms with Crippen molar-refractivity contribution in [2.45, 2.75) is 37.4 Å². The first-order chi connectivity index (χ1) is 7.20. The van der Waals surface area contributed by atoms with Crippen molar-refractivity contribution in [3.63, 3.8) is 0 Å². The van der Waals surface area contributed by atoms with Crippen molar-refractivity contribution in [1.29, 1.82) is 0 Å². The second-order valence-electron chi connectivity index (χ2n) is 3.64. The Bertz CT molecular complexity index is 227. The quantitative estimate of drug-likeness (QED) is 0.699. The second kappa shape index (κ2) is 6.71. The number of hydrogen-bond acceptors (Lipinski definition) is 3. The van der Waals surface area contributed by atoms with Crippen LogP contribution < -0.4 is 5.32 Å².